The Bertz CT molecular complexity index is 1900. The third-order valence-corrected chi connectivity index (χ3v) is 7.93. The second kappa shape index (κ2) is 13.7. The summed E-state index contributed by atoms with van der Waals surface area (Å²) in [4.78, 5) is 30.7. The second-order valence-electron chi connectivity index (χ2n) is 10.6. The third-order valence-electron chi connectivity index (χ3n) is 6.74. The van der Waals surface area contributed by atoms with E-state index >= 15 is 0 Å². The van der Waals surface area contributed by atoms with Gasteiger partial charge in [-0.3, -0.25) is 4.79 Å². The summed E-state index contributed by atoms with van der Waals surface area (Å²) in [6, 6.07) is 15.6. The van der Waals surface area contributed by atoms with Gasteiger partial charge < -0.3 is 30.6 Å². The van der Waals surface area contributed by atoms with E-state index in [0.717, 1.165) is 6.26 Å². The predicted molar refractivity (Wildman–Crippen MR) is 168 cm³/mol. The maximum atomic E-state index is 14.2. The van der Waals surface area contributed by atoms with E-state index in [1.807, 2.05) is 0 Å². The van der Waals surface area contributed by atoms with Crippen molar-refractivity contribution in [3.63, 3.8) is 0 Å². The van der Waals surface area contributed by atoms with Crippen molar-refractivity contribution in [3.8, 4) is 11.5 Å². The quantitative estimate of drug-likeness (QED) is 0.136. The van der Waals surface area contributed by atoms with Gasteiger partial charge in [-0.25, -0.2) is 18.2 Å². The Labute approximate surface area is 269 Å². The van der Waals surface area contributed by atoms with E-state index < -0.39 is 40.2 Å². The molecule has 0 aliphatic carbocycles. The van der Waals surface area contributed by atoms with Crippen molar-refractivity contribution in [2.24, 2.45) is 0 Å². The predicted octanol–water partition coefficient (Wildman–Crippen LogP) is 5.09. The van der Waals surface area contributed by atoms with Gasteiger partial charge in [0.15, 0.2) is 21.3 Å². The molecule has 1 aromatic heterocycles. The number of nitrogens with one attached hydrogen (secondary N) is 2. The van der Waals surface area contributed by atoms with Gasteiger partial charge in [0.25, 0.3) is 11.6 Å². The Morgan fingerprint density at radius 2 is 1.72 bits per heavy atom. The lowest BCUT2D eigenvalue weighted by Gasteiger charge is -2.35. The molecule has 0 spiro atoms. The molecule has 47 heavy (non-hydrogen) atoms. The number of esters is 1. The molecule has 4 rings (SSSR count). The van der Waals surface area contributed by atoms with Crippen molar-refractivity contribution in [1.82, 2.24) is 10.3 Å². The van der Waals surface area contributed by atoms with Gasteiger partial charge in [0.1, 0.15) is 5.82 Å². The summed E-state index contributed by atoms with van der Waals surface area (Å²) in [6.07, 6.45) is -3.43. The molecule has 1 amide bonds. The highest BCUT2D eigenvalue weighted by Crippen LogP contribution is 2.38. The first kappa shape index (κ1) is 34.8. The molecule has 1 atom stereocenters. The van der Waals surface area contributed by atoms with Crippen LogP contribution in [0.15, 0.2) is 77.8 Å². The number of rotatable bonds is 12. The summed E-state index contributed by atoms with van der Waals surface area (Å²) in [5.41, 5.74) is 3.01. The molecule has 4 N–H and O–H groups in total. The Morgan fingerprint density at radius 3 is 2.38 bits per heavy atom. The number of halogens is 3. The number of benzene rings is 3. The maximum absolute atomic E-state index is 14.2. The largest absolute Gasteiger partial charge is 0.491 e. The van der Waals surface area contributed by atoms with Crippen molar-refractivity contribution in [1.29, 1.82) is 0 Å². The van der Waals surface area contributed by atoms with Gasteiger partial charge in [0, 0.05) is 35.6 Å². The molecule has 3 aromatic carbocycles. The molecular formula is C32H33F3N4O7S. The molecule has 0 saturated heterocycles. The van der Waals surface area contributed by atoms with E-state index in [-0.39, 0.29) is 51.7 Å². The van der Waals surface area contributed by atoms with Crippen LogP contribution in [0.1, 0.15) is 31.9 Å². The maximum Gasteiger partial charge on any atom is 0.491 e. The van der Waals surface area contributed by atoms with Crippen LogP contribution in [0, 0.1) is 0 Å². The fourth-order valence-corrected chi connectivity index (χ4v) is 5.67. The van der Waals surface area contributed by atoms with E-state index in [1.54, 1.807) is 26.8 Å². The summed E-state index contributed by atoms with van der Waals surface area (Å²) in [7, 11) is -3.75. The Kier molecular flexibility index (Phi) is 10.2. The van der Waals surface area contributed by atoms with Crippen LogP contribution in [0.2, 0.25) is 0 Å². The zero-order valence-corrected chi connectivity index (χ0v) is 26.7. The molecular weight excluding hydrogens is 641 g/mol. The Morgan fingerprint density at radius 1 is 1.00 bits per heavy atom. The van der Waals surface area contributed by atoms with Crippen molar-refractivity contribution in [2.75, 3.05) is 23.9 Å². The first-order chi connectivity index (χ1) is 22.0. The fraction of sp³-hybridized carbons (Fsp3) is 0.281. The van der Waals surface area contributed by atoms with Crippen molar-refractivity contribution in [3.05, 3.63) is 84.1 Å². The summed E-state index contributed by atoms with van der Waals surface area (Å²) in [5, 5.41) is 6.19. The Hall–Kier alpha value is -5.05. The first-order valence-corrected chi connectivity index (χ1v) is 16.2. The lowest BCUT2D eigenvalue weighted by Crippen LogP contribution is -2.54. The number of carbonyl (C=O) groups excluding carboxylic acids is 2. The van der Waals surface area contributed by atoms with Crippen LogP contribution < -0.4 is 25.8 Å². The number of sulfone groups is 1. The van der Waals surface area contributed by atoms with Crippen LogP contribution >= 0.6 is 0 Å². The number of amides is 1. The summed E-state index contributed by atoms with van der Waals surface area (Å²) in [6.45, 7) is 4.84. The molecule has 250 valence electrons. The number of nitrogens with two attached hydrogens (primary N) is 1. The van der Waals surface area contributed by atoms with Crippen LogP contribution in [0.25, 0.3) is 10.8 Å². The van der Waals surface area contributed by atoms with Gasteiger partial charge in [0.05, 0.1) is 17.6 Å². The summed E-state index contributed by atoms with van der Waals surface area (Å²) < 4.78 is 82.8. The van der Waals surface area contributed by atoms with Crippen LogP contribution in [-0.2, 0) is 36.4 Å². The SMILES string of the molecule is CCOc1cc(C(Nc2ccc3c(N)nccc3c2)(OC(=O)C(F)(F)F)C(=O)NCc2ccccc2S(C)(=O)=O)ccc1OC(C)C. The summed E-state index contributed by atoms with van der Waals surface area (Å²) in [5.74, 6) is -3.47. The normalized spacial score (nSPS) is 13.1. The number of nitrogens with zero attached hydrogens (tertiary/aromatic N) is 1. The molecule has 0 aliphatic heterocycles. The van der Waals surface area contributed by atoms with Gasteiger partial charge in [0.2, 0.25) is 0 Å². The lowest BCUT2D eigenvalue weighted by molar-refractivity contribution is -0.213. The van der Waals surface area contributed by atoms with Crippen LogP contribution in [-0.4, -0.2) is 50.4 Å². The lowest BCUT2D eigenvalue weighted by atomic mass is 9.99. The monoisotopic (exact) mass is 674 g/mol. The zero-order chi connectivity index (χ0) is 34.6. The van der Waals surface area contributed by atoms with Crippen LogP contribution in [0.3, 0.4) is 0 Å². The third kappa shape index (κ3) is 8.03. The molecule has 1 heterocycles. The first-order valence-electron chi connectivity index (χ1n) is 14.3. The van der Waals surface area contributed by atoms with E-state index in [9.17, 15) is 31.2 Å². The number of nitrogen functional groups attached to an aromatic ring is 1. The molecule has 4 aromatic rings. The van der Waals surface area contributed by atoms with Gasteiger partial charge in [-0.2, -0.15) is 13.2 Å². The van der Waals surface area contributed by atoms with Gasteiger partial charge >= 0.3 is 12.1 Å². The van der Waals surface area contributed by atoms with Gasteiger partial charge in [-0.15, -0.1) is 0 Å². The highest BCUT2D eigenvalue weighted by Gasteiger charge is 2.52. The number of hydrogen-bond donors (Lipinski definition) is 3. The number of fused-ring (bicyclic) bond motifs is 1. The molecule has 0 aliphatic rings. The molecule has 0 radical (unpaired) electrons. The summed E-state index contributed by atoms with van der Waals surface area (Å²) >= 11 is 0. The topological polar surface area (TPSA) is 159 Å². The van der Waals surface area contributed by atoms with Crippen molar-refractivity contribution in [2.45, 2.75) is 50.2 Å². The number of ether oxygens (including phenoxy) is 3. The molecule has 1 unspecified atom stereocenters. The average molecular weight is 675 g/mol. The smallest absolute Gasteiger partial charge is 0.490 e. The van der Waals surface area contributed by atoms with Gasteiger partial charge in [-0.05, 0) is 80.3 Å². The van der Waals surface area contributed by atoms with E-state index in [4.69, 9.17) is 19.9 Å². The second-order valence-corrected chi connectivity index (χ2v) is 12.6. The zero-order valence-electron chi connectivity index (χ0n) is 25.8. The fourth-order valence-electron chi connectivity index (χ4n) is 4.73. The number of alkyl halides is 3. The number of carbonyl (C=O) groups is 2. The molecule has 0 bridgehead atoms. The number of anilines is 2. The standard InChI is InChI=1S/C32H33F3N4O7S/c1-5-44-26-17-22(10-13-25(26)45-19(2)3)31(46-30(41)32(33,34)35,39-23-11-12-24-20(16-23)14-15-37-28(24)36)29(40)38-18-21-8-6-7-9-27(21)47(4,42)43/h6-17,19,39H,5,18H2,1-4H3,(H2,36,37)(H,38,40). The Balaban J connectivity index is 1.93. The number of pyridine rings is 1. The number of hydrogen-bond acceptors (Lipinski definition) is 10. The molecule has 15 heteroatoms. The highest BCUT2D eigenvalue weighted by molar-refractivity contribution is 7.90. The van der Waals surface area contributed by atoms with Gasteiger partial charge in [-0.1, -0.05) is 18.2 Å². The molecule has 11 nitrogen and oxygen atoms in total. The van der Waals surface area contributed by atoms with Crippen molar-refractivity contribution >= 4 is 44.0 Å². The van der Waals surface area contributed by atoms with Crippen LogP contribution in [0.5, 0.6) is 11.5 Å². The average Bonchev–Trinajstić information content (AvgIpc) is 2.99. The van der Waals surface area contributed by atoms with E-state index in [1.165, 1.54) is 66.9 Å². The highest BCUT2D eigenvalue weighted by atomic mass is 32.2. The minimum absolute atomic E-state index is 0.0560. The minimum atomic E-state index is -5.51. The molecule has 0 fully saturated rings. The van der Waals surface area contributed by atoms with Crippen molar-refractivity contribution < 1.29 is 45.4 Å². The molecule has 0 saturated carbocycles. The number of aromatic nitrogens is 1. The van der Waals surface area contributed by atoms with E-state index in [0.29, 0.717) is 10.8 Å². The van der Waals surface area contributed by atoms with E-state index in [2.05, 4.69) is 15.6 Å². The minimum Gasteiger partial charge on any atom is -0.490 e. The van der Waals surface area contributed by atoms with Crippen LogP contribution in [0.4, 0.5) is 24.7 Å².